The maximum Gasteiger partial charge on any atom is 0.320 e. The summed E-state index contributed by atoms with van der Waals surface area (Å²) in [4.78, 5) is 34.7. The molecular weight excluding hydrogens is 600 g/mol. The van der Waals surface area contributed by atoms with Crippen LogP contribution in [0.5, 0.6) is 5.75 Å². The van der Waals surface area contributed by atoms with Crippen molar-refractivity contribution in [3.8, 4) is 5.75 Å². The van der Waals surface area contributed by atoms with Crippen LogP contribution in [0.4, 0.5) is 25.1 Å². The Balaban J connectivity index is 1.31. The van der Waals surface area contributed by atoms with Crippen molar-refractivity contribution < 1.29 is 23.1 Å². The van der Waals surface area contributed by atoms with Crippen molar-refractivity contribution in [3.05, 3.63) is 53.4 Å². The first-order chi connectivity index (χ1) is 21.8. The van der Waals surface area contributed by atoms with E-state index in [2.05, 4.69) is 20.9 Å². The number of methoxy groups -OCH3 is 1. The number of urea groups is 1. The van der Waals surface area contributed by atoms with Gasteiger partial charge in [-0.1, -0.05) is 11.6 Å². The Morgan fingerprint density at radius 2 is 1.84 bits per heavy atom. The summed E-state index contributed by atoms with van der Waals surface area (Å²) in [5.41, 5.74) is 3.52. The van der Waals surface area contributed by atoms with Gasteiger partial charge in [-0.2, -0.15) is 8.78 Å². The van der Waals surface area contributed by atoms with E-state index in [0.29, 0.717) is 83.8 Å². The molecule has 0 radical (unpaired) electrons. The third-order valence-corrected chi connectivity index (χ3v) is 9.64. The van der Waals surface area contributed by atoms with E-state index in [9.17, 15) is 18.4 Å². The smallest absolute Gasteiger partial charge is 0.320 e. The first-order valence-corrected chi connectivity index (χ1v) is 16.3. The van der Waals surface area contributed by atoms with Crippen LogP contribution in [0.1, 0.15) is 48.5 Å². The van der Waals surface area contributed by atoms with Crippen molar-refractivity contribution in [2.45, 2.75) is 49.4 Å². The van der Waals surface area contributed by atoms with Gasteiger partial charge in [-0.15, -0.1) is 0 Å². The number of hydrogen-bond donors (Lipinski definition) is 3. The number of anilines is 2. The third kappa shape index (κ3) is 6.98. The Morgan fingerprint density at radius 1 is 1.04 bits per heavy atom. The number of carbonyl (C=O) groups excluding carboxylic acids is 2. The van der Waals surface area contributed by atoms with Crippen LogP contribution in [0.25, 0.3) is 11.6 Å². The number of hydrogen-bond acceptors (Lipinski definition) is 7. The average molecular weight is 640 g/mol. The summed E-state index contributed by atoms with van der Waals surface area (Å²) < 4.78 is 34.8. The zero-order valence-electron chi connectivity index (χ0n) is 25.5. The molecule has 8 bridgehead atoms. The maximum atomic E-state index is 13.7. The minimum absolute atomic E-state index is 0.0681. The lowest BCUT2D eigenvalue weighted by atomic mass is 10.0. The summed E-state index contributed by atoms with van der Waals surface area (Å²) in [6.07, 6.45) is 8.48. The van der Waals surface area contributed by atoms with E-state index in [4.69, 9.17) is 4.74 Å². The fraction of sp³-hybridized carbons (Fsp3) is 0.469. The summed E-state index contributed by atoms with van der Waals surface area (Å²) in [7, 11) is 1.55. The molecule has 1 atom stereocenters. The van der Waals surface area contributed by atoms with Gasteiger partial charge >= 0.3 is 6.03 Å². The molecular formula is C32H39F2N7O3S. The molecule has 0 unspecified atom stereocenters. The van der Waals surface area contributed by atoms with Crippen molar-refractivity contribution in [2.24, 2.45) is 5.92 Å². The summed E-state index contributed by atoms with van der Waals surface area (Å²) in [5, 5.41) is 10.3. The monoisotopic (exact) mass is 639 g/mol. The second-order valence-corrected chi connectivity index (χ2v) is 12.9. The summed E-state index contributed by atoms with van der Waals surface area (Å²) in [6.45, 7) is 5.57. The number of aromatic nitrogens is 2. The molecule has 2 saturated heterocycles. The molecule has 6 aliphatic rings. The van der Waals surface area contributed by atoms with Gasteiger partial charge in [-0.25, -0.2) is 9.78 Å². The van der Waals surface area contributed by atoms with Crippen LogP contribution in [0.3, 0.4) is 0 Å². The number of piperidine rings is 1. The van der Waals surface area contributed by atoms with Gasteiger partial charge in [0.2, 0.25) is 0 Å². The predicted octanol–water partition coefficient (Wildman–Crippen LogP) is 5.62. The number of alkyl halides is 2. The molecule has 13 heteroatoms. The standard InChI is InChI=1S/C32H39F2N7O3S/c1-20-15-23-16-26-28(35-10-14-41(26)30(23)45-31(33)34)38-24-7-12-39(13-8-24)32(43)40-11-6-21(19-40)5-9-36-29(42)22-3-4-25(37-18-20)27(17-22)44-2/h3-4,10,14-17,21,24,31,37H,5-9,11-13,18-19H2,1-2H3,(H,35,38)(H,36,42)/b20-15-/t21-/m0/s1. The highest BCUT2D eigenvalue weighted by atomic mass is 32.2. The molecule has 0 saturated carbocycles. The first kappa shape index (κ1) is 31.0. The molecule has 3 aromatic rings. The number of ether oxygens (including phenoxy) is 1. The number of benzene rings is 1. The van der Waals surface area contributed by atoms with Crippen molar-refractivity contribution in [1.29, 1.82) is 0 Å². The van der Waals surface area contributed by atoms with Gasteiger partial charge in [0.05, 0.1) is 23.3 Å². The Labute approximate surface area is 265 Å². The topological polar surface area (TPSA) is 103 Å². The largest absolute Gasteiger partial charge is 0.495 e. The number of thioether (sulfide) groups is 1. The zero-order valence-corrected chi connectivity index (χ0v) is 26.3. The molecule has 10 nitrogen and oxygen atoms in total. The lowest BCUT2D eigenvalue weighted by molar-refractivity contribution is 0.0950. The van der Waals surface area contributed by atoms with Crippen LogP contribution in [0, 0.1) is 5.92 Å². The van der Waals surface area contributed by atoms with E-state index in [1.807, 2.05) is 28.9 Å². The van der Waals surface area contributed by atoms with Gasteiger partial charge in [-0.05, 0) is 74.6 Å². The van der Waals surface area contributed by atoms with Crippen molar-refractivity contribution in [3.63, 3.8) is 0 Å². The molecule has 2 aromatic heterocycles. The fourth-order valence-corrected chi connectivity index (χ4v) is 7.09. The number of halogens is 2. The zero-order chi connectivity index (χ0) is 31.5. The van der Waals surface area contributed by atoms with Crippen molar-refractivity contribution in [2.75, 3.05) is 57.0 Å². The lowest BCUT2D eigenvalue weighted by Crippen LogP contribution is -2.48. The van der Waals surface area contributed by atoms with Crippen molar-refractivity contribution in [1.82, 2.24) is 24.5 Å². The minimum Gasteiger partial charge on any atom is -0.495 e. The summed E-state index contributed by atoms with van der Waals surface area (Å²) in [5.74, 6) is -1.27. The highest BCUT2D eigenvalue weighted by Crippen LogP contribution is 2.35. The predicted molar refractivity (Wildman–Crippen MR) is 172 cm³/mol. The van der Waals surface area contributed by atoms with Crippen LogP contribution in [-0.4, -0.2) is 89.3 Å². The summed E-state index contributed by atoms with van der Waals surface area (Å²) >= 11 is 0.508. The fourth-order valence-electron chi connectivity index (χ4n) is 6.39. The van der Waals surface area contributed by atoms with Crippen LogP contribution in [-0.2, 0) is 0 Å². The van der Waals surface area contributed by atoms with Gasteiger partial charge in [0.25, 0.3) is 11.7 Å². The van der Waals surface area contributed by atoms with Crippen LogP contribution in [0.15, 0.2) is 47.3 Å². The number of amides is 3. The number of nitrogens with one attached hydrogen (secondary N) is 3. The van der Waals surface area contributed by atoms with E-state index in [-0.39, 0.29) is 18.0 Å². The number of carbonyl (C=O) groups is 2. The van der Waals surface area contributed by atoms with Crippen molar-refractivity contribution >= 4 is 46.8 Å². The van der Waals surface area contributed by atoms with E-state index >= 15 is 0 Å². The van der Waals surface area contributed by atoms with Gasteiger partial charge in [0.15, 0.2) is 5.82 Å². The highest BCUT2D eigenvalue weighted by Gasteiger charge is 2.32. The average Bonchev–Trinajstić information content (AvgIpc) is 3.64. The molecule has 8 heterocycles. The highest BCUT2D eigenvalue weighted by molar-refractivity contribution is 7.99. The Hall–Kier alpha value is -4.00. The Morgan fingerprint density at radius 3 is 2.62 bits per heavy atom. The molecule has 1 aromatic carbocycles. The van der Waals surface area contributed by atoms with Gasteiger partial charge in [-0.3, -0.25) is 4.79 Å². The molecule has 240 valence electrons. The quantitative estimate of drug-likeness (QED) is 0.320. The first-order valence-electron chi connectivity index (χ1n) is 15.4. The second kappa shape index (κ2) is 13.6. The third-order valence-electron chi connectivity index (χ3n) is 8.80. The van der Waals surface area contributed by atoms with Crippen LogP contribution < -0.4 is 20.7 Å². The molecule has 2 fully saturated rings. The van der Waals surface area contributed by atoms with E-state index in [1.54, 1.807) is 42.1 Å². The normalized spacial score (nSPS) is 22.6. The molecule has 3 amide bonds. The number of nitrogens with zero attached hydrogens (tertiary/aromatic N) is 4. The number of rotatable bonds is 3. The Bertz CT molecular complexity index is 1590. The minimum atomic E-state index is -2.59. The van der Waals surface area contributed by atoms with Crippen LogP contribution in [0.2, 0.25) is 0 Å². The lowest BCUT2D eigenvalue weighted by Gasteiger charge is -2.35. The van der Waals surface area contributed by atoms with Gasteiger partial charge in [0.1, 0.15) is 5.75 Å². The van der Waals surface area contributed by atoms with E-state index in [1.165, 1.54) is 0 Å². The molecule has 0 spiro atoms. The molecule has 3 N–H and O–H groups in total. The SMILES string of the molecule is COc1cc2ccc1NC/C(C)=C\c1cc3c(nccn3c1SC(F)F)NC1CCN(CC1)C(=O)N1CC[C@H](CCNC2=O)C1. The van der Waals surface area contributed by atoms with Gasteiger partial charge in [0, 0.05) is 68.8 Å². The maximum absolute atomic E-state index is 13.7. The molecule has 9 rings (SSSR count). The molecule has 45 heavy (non-hydrogen) atoms. The van der Waals surface area contributed by atoms with Gasteiger partial charge < -0.3 is 34.9 Å². The molecule has 0 aliphatic carbocycles. The van der Waals surface area contributed by atoms with E-state index in [0.717, 1.165) is 43.3 Å². The molecule has 6 aliphatic heterocycles. The second-order valence-electron chi connectivity index (χ2n) is 11.9. The Kier molecular flexibility index (Phi) is 9.34. The van der Waals surface area contributed by atoms with Crippen LogP contribution >= 0.6 is 11.8 Å². The van der Waals surface area contributed by atoms with E-state index < -0.39 is 5.76 Å². The summed E-state index contributed by atoms with van der Waals surface area (Å²) in [6, 6.07) is 7.32.